The molecule has 0 bridgehead atoms. The van der Waals surface area contributed by atoms with Crippen LogP contribution in [0.2, 0.25) is 0 Å². The van der Waals surface area contributed by atoms with Crippen molar-refractivity contribution in [3.63, 3.8) is 0 Å². The van der Waals surface area contributed by atoms with Crippen LogP contribution in [0.1, 0.15) is 13.8 Å². The molecule has 0 aromatic carbocycles. The fourth-order valence-electron chi connectivity index (χ4n) is 1.78. The first-order valence-corrected chi connectivity index (χ1v) is 5.33. The third-order valence-corrected chi connectivity index (χ3v) is 2.72. The maximum Gasteiger partial charge on any atom is 0.314 e. The van der Waals surface area contributed by atoms with E-state index in [4.69, 9.17) is 5.41 Å². The van der Waals surface area contributed by atoms with Crippen LogP contribution in [0, 0.1) is 23.2 Å². The zero-order valence-corrected chi connectivity index (χ0v) is 9.92. The number of likely N-dealkylation sites (tertiary alicyclic amines) is 1. The van der Waals surface area contributed by atoms with Crippen molar-refractivity contribution < 1.29 is 4.79 Å². The third kappa shape index (κ3) is 2.89. The lowest BCUT2D eigenvalue weighted by Crippen LogP contribution is -2.44. The van der Waals surface area contributed by atoms with E-state index in [2.05, 4.69) is 29.4 Å². The Morgan fingerprint density at radius 3 is 2.75 bits per heavy atom. The van der Waals surface area contributed by atoms with Crippen LogP contribution in [0.25, 0.3) is 0 Å². The van der Waals surface area contributed by atoms with Gasteiger partial charge in [-0.15, -0.1) is 0 Å². The number of nitrogens with zero attached hydrogens (tertiary/aromatic N) is 1. The van der Waals surface area contributed by atoms with E-state index in [0.29, 0.717) is 18.3 Å². The Kier molecular flexibility index (Phi) is 4.18. The summed E-state index contributed by atoms with van der Waals surface area (Å²) in [5.41, 5.74) is 0. The third-order valence-electron chi connectivity index (χ3n) is 2.72. The van der Waals surface area contributed by atoms with Gasteiger partial charge < -0.3 is 15.5 Å². The molecule has 16 heavy (non-hydrogen) atoms. The molecule has 5 heteroatoms. The minimum Gasteiger partial charge on any atom is -0.348 e. The largest absolute Gasteiger partial charge is 0.348 e. The molecule has 5 nitrogen and oxygen atoms in total. The Bertz CT molecular complexity index is 342. The molecule has 1 saturated heterocycles. The van der Waals surface area contributed by atoms with E-state index in [0.717, 1.165) is 6.54 Å². The van der Waals surface area contributed by atoms with Gasteiger partial charge in [-0.25, -0.2) is 4.79 Å². The highest BCUT2D eigenvalue weighted by molar-refractivity contribution is 5.96. The van der Waals surface area contributed by atoms with Crippen molar-refractivity contribution in [2.45, 2.75) is 19.9 Å². The molecule has 2 amide bonds. The predicted molar refractivity (Wildman–Crippen MR) is 63.3 cm³/mol. The first-order chi connectivity index (χ1) is 7.58. The summed E-state index contributed by atoms with van der Waals surface area (Å²) >= 11 is 0. The van der Waals surface area contributed by atoms with Crippen molar-refractivity contribution >= 4 is 11.9 Å². The maximum absolute atomic E-state index is 11.2. The Hall–Kier alpha value is -1.70. The highest BCUT2D eigenvalue weighted by Crippen LogP contribution is 2.16. The summed E-state index contributed by atoms with van der Waals surface area (Å²) in [6, 6.07) is -0.0919. The van der Waals surface area contributed by atoms with Gasteiger partial charge in [0.05, 0.1) is 6.04 Å². The molecule has 1 rings (SSSR count). The molecule has 1 aliphatic rings. The fourth-order valence-corrected chi connectivity index (χ4v) is 1.78. The normalized spacial score (nSPS) is 23.3. The molecule has 2 atom stereocenters. The summed E-state index contributed by atoms with van der Waals surface area (Å²) in [7, 11) is 1.59. The number of carbonyl (C=O) groups is 1. The maximum atomic E-state index is 11.2. The smallest absolute Gasteiger partial charge is 0.314 e. The highest BCUT2D eigenvalue weighted by Gasteiger charge is 2.31. The molecule has 88 valence electrons. The van der Waals surface area contributed by atoms with Crippen LogP contribution < -0.4 is 10.6 Å². The van der Waals surface area contributed by atoms with E-state index in [9.17, 15) is 4.79 Å². The zero-order chi connectivity index (χ0) is 12.1. The first-order valence-electron chi connectivity index (χ1n) is 5.33. The van der Waals surface area contributed by atoms with Gasteiger partial charge in [-0.1, -0.05) is 12.8 Å². The first kappa shape index (κ1) is 12.4. The number of amidine groups is 1. The summed E-state index contributed by atoms with van der Waals surface area (Å²) in [5, 5.41) is 13.1. The second-order valence-corrected chi connectivity index (χ2v) is 3.94. The number of hydrogen-bond donors (Lipinski definition) is 3. The summed E-state index contributed by atoms with van der Waals surface area (Å²) < 4.78 is 0. The SMILES string of the molecule is CC#CC(=N)N1C[C@H](C)[C@H](NC(=O)NC)C1. The number of amides is 2. The van der Waals surface area contributed by atoms with Gasteiger partial charge in [-0.2, -0.15) is 0 Å². The minimum absolute atomic E-state index is 0.0824. The standard InChI is InChI=1S/C11H18N4O/c1-4-5-10(12)15-6-8(2)9(7-15)14-11(16)13-3/h8-9,12H,6-7H2,1-3H3,(H2,13,14,16)/t8-,9+/m0/s1. The molecule has 3 N–H and O–H groups in total. The van der Waals surface area contributed by atoms with Crippen LogP contribution >= 0.6 is 0 Å². The monoisotopic (exact) mass is 222 g/mol. The van der Waals surface area contributed by atoms with Gasteiger partial charge in [0.1, 0.15) is 0 Å². The van der Waals surface area contributed by atoms with Crippen molar-refractivity contribution in [3.8, 4) is 11.8 Å². The lowest BCUT2D eigenvalue weighted by molar-refractivity contribution is 0.237. The number of rotatable bonds is 1. The quantitative estimate of drug-likeness (QED) is 0.338. The minimum atomic E-state index is -0.174. The summed E-state index contributed by atoms with van der Waals surface area (Å²) in [4.78, 5) is 13.1. The van der Waals surface area contributed by atoms with E-state index in [1.165, 1.54) is 0 Å². The van der Waals surface area contributed by atoms with Crippen molar-refractivity contribution in [1.82, 2.24) is 15.5 Å². The Labute approximate surface area is 96.1 Å². The average molecular weight is 222 g/mol. The van der Waals surface area contributed by atoms with Crippen molar-refractivity contribution in [2.24, 2.45) is 5.92 Å². The van der Waals surface area contributed by atoms with Crippen molar-refractivity contribution in [1.29, 1.82) is 5.41 Å². The van der Waals surface area contributed by atoms with E-state index < -0.39 is 0 Å². The molecular formula is C11H18N4O. The van der Waals surface area contributed by atoms with E-state index in [1.807, 2.05) is 4.90 Å². The second kappa shape index (κ2) is 5.40. The van der Waals surface area contributed by atoms with Gasteiger partial charge in [0, 0.05) is 20.1 Å². The molecule has 1 fully saturated rings. The van der Waals surface area contributed by atoms with E-state index >= 15 is 0 Å². The predicted octanol–water partition coefficient (Wildman–Crippen LogP) is 0.236. The average Bonchev–Trinajstić information content (AvgIpc) is 2.61. The molecule has 0 aliphatic carbocycles. The number of carbonyl (C=O) groups excluding carboxylic acids is 1. The van der Waals surface area contributed by atoms with Gasteiger partial charge in [-0.05, 0) is 18.8 Å². The number of nitrogens with one attached hydrogen (secondary N) is 3. The summed E-state index contributed by atoms with van der Waals surface area (Å²) in [6.07, 6.45) is 0. The molecule has 0 unspecified atom stereocenters. The van der Waals surface area contributed by atoms with Gasteiger partial charge >= 0.3 is 6.03 Å². The van der Waals surface area contributed by atoms with Gasteiger partial charge in [0.2, 0.25) is 0 Å². The summed E-state index contributed by atoms with van der Waals surface area (Å²) in [6.45, 7) is 5.20. The molecule has 0 spiro atoms. The van der Waals surface area contributed by atoms with Crippen LogP contribution in [-0.4, -0.2) is 42.9 Å². The number of urea groups is 1. The molecule has 0 saturated carbocycles. The molecule has 0 aromatic rings. The summed E-state index contributed by atoms with van der Waals surface area (Å²) in [5.74, 6) is 6.10. The highest BCUT2D eigenvalue weighted by atomic mass is 16.2. The van der Waals surface area contributed by atoms with E-state index in [1.54, 1.807) is 14.0 Å². The lowest BCUT2D eigenvalue weighted by Gasteiger charge is -2.16. The van der Waals surface area contributed by atoms with Crippen LogP contribution in [0.3, 0.4) is 0 Å². The molecule has 1 aliphatic heterocycles. The van der Waals surface area contributed by atoms with Crippen LogP contribution in [0.5, 0.6) is 0 Å². The van der Waals surface area contributed by atoms with E-state index in [-0.39, 0.29) is 12.1 Å². The Morgan fingerprint density at radius 2 is 2.19 bits per heavy atom. The molecule has 0 aromatic heterocycles. The number of hydrogen-bond acceptors (Lipinski definition) is 2. The van der Waals surface area contributed by atoms with Gasteiger partial charge in [0.15, 0.2) is 5.84 Å². The molecule has 0 radical (unpaired) electrons. The lowest BCUT2D eigenvalue weighted by atomic mass is 10.1. The van der Waals surface area contributed by atoms with Crippen LogP contribution in [-0.2, 0) is 0 Å². The van der Waals surface area contributed by atoms with Crippen molar-refractivity contribution in [2.75, 3.05) is 20.1 Å². The topological polar surface area (TPSA) is 68.2 Å². The van der Waals surface area contributed by atoms with Gasteiger partial charge in [0.25, 0.3) is 0 Å². The molecule has 1 heterocycles. The van der Waals surface area contributed by atoms with Crippen LogP contribution in [0.4, 0.5) is 4.79 Å². The zero-order valence-electron chi connectivity index (χ0n) is 9.92. The second-order valence-electron chi connectivity index (χ2n) is 3.94. The Morgan fingerprint density at radius 1 is 1.50 bits per heavy atom. The Balaban J connectivity index is 2.55. The van der Waals surface area contributed by atoms with Gasteiger partial charge in [-0.3, -0.25) is 5.41 Å². The van der Waals surface area contributed by atoms with Crippen LogP contribution in [0.15, 0.2) is 0 Å². The van der Waals surface area contributed by atoms with Crippen molar-refractivity contribution in [3.05, 3.63) is 0 Å². The fraction of sp³-hybridized carbons (Fsp3) is 0.636. The molecular weight excluding hydrogens is 204 g/mol.